The van der Waals surface area contributed by atoms with E-state index in [2.05, 4.69) is 16.3 Å². The summed E-state index contributed by atoms with van der Waals surface area (Å²) in [6.45, 7) is 6.50. The Kier molecular flexibility index (Phi) is 4.33. The molecule has 0 aromatic carbocycles. The van der Waals surface area contributed by atoms with Gasteiger partial charge in [-0.05, 0) is 6.92 Å². The lowest BCUT2D eigenvalue weighted by molar-refractivity contribution is 0.0896. The van der Waals surface area contributed by atoms with Gasteiger partial charge in [0.15, 0.2) is 0 Å². The summed E-state index contributed by atoms with van der Waals surface area (Å²) in [7, 11) is 1.68. The van der Waals surface area contributed by atoms with Crippen LogP contribution in [0.25, 0.3) is 0 Å². The van der Waals surface area contributed by atoms with Gasteiger partial charge < -0.3 is 10.1 Å². The fraction of sp³-hybridized carbons (Fsp3) is 0.900. The SMILES string of the molecule is COCCC(C)(C#N)N1CCNCC1. The molecule has 1 aliphatic heterocycles. The van der Waals surface area contributed by atoms with Crippen LogP contribution in [0, 0.1) is 11.3 Å². The monoisotopic (exact) mass is 197 g/mol. The number of hydrogen-bond acceptors (Lipinski definition) is 4. The van der Waals surface area contributed by atoms with Gasteiger partial charge in [-0.3, -0.25) is 4.90 Å². The maximum Gasteiger partial charge on any atom is 0.108 e. The van der Waals surface area contributed by atoms with Gasteiger partial charge in [0.25, 0.3) is 0 Å². The van der Waals surface area contributed by atoms with Crippen LogP contribution in [-0.2, 0) is 4.74 Å². The molecule has 0 spiro atoms. The predicted octanol–water partition coefficient (Wildman–Crippen LogP) is 0.210. The van der Waals surface area contributed by atoms with Crippen LogP contribution in [0.3, 0.4) is 0 Å². The van der Waals surface area contributed by atoms with Crippen LogP contribution in [0.4, 0.5) is 0 Å². The second-order valence-electron chi connectivity index (χ2n) is 3.87. The summed E-state index contributed by atoms with van der Waals surface area (Å²) in [5.41, 5.74) is -0.363. The smallest absolute Gasteiger partial charge is 0.108 e. The first kappa shape index (κ1) is 11.4. The molecule has 4 heteroatoms. The lowest BCUT2D eigenvalue weighted by atomic mass is 9.97. The van der Waals surface area contributed by atoms with Gasteiger partial charge in [-0.25, -0.2) is 0 Å². The van der Waals surface area contributed by atoms with E-state index in [1.165, 1.54) is 0 Å². The zero-order valence-electron chi connectivity index (χ0n) is 9.05. The van der Waals surface area contributed by atoms with E-state index in [0.717, 1.165) is 32.6 Å². The Balaban J connectivity index is 2.53. The number of nitrogens with one attached hydrogen (secondary N) is 1. The van der Waals surface area contributed by atoms with E-state index < -0.39 is 0 Å². The number of rotatable bonds is 4. The number of ether oxygens (including phenoxy) is 1. The van der Waals surface area contributed by atoms with Crippen LogP contribution in [0.2, 0.25) is 0 Å². The highest BCUT2D eigenvalue weighted by molar-refractivity contribution is 5.06. The normalized spacial score (nSPS) is 22.6. The van der Waals surface area contributed by atoms with Crippen molar-refractivity contribution >= 4 is 0 Å². The van der Waals surface area contributed by atoms with Crippen LogP contribution >= 0.6 is 0 Å². The number of hydrogen-bond donors (Lipinski definition) is 1. The van der Waals surface area contributed by atoms with Crippen molar-refractivity contribution in [1.29, 1.82) is 5.26 Å². The molecule has 1 rings (SSSR count). The minimum atomic E-state index is -0.363. The largest absolute Gasteiger partial charge is 0.385 e. The molecule has 0 bridgehead atoms. The van der Waals surface area contributed by atoms with E-state index in [9.17, 15) is 5.26 Å². The van der Waals surface area contributed by atoms with Crippen molar-refractivity contribution in [3.8, 4) is 6.07 Å². The molecule has 1 aliphatic rings. The number of piperazine rings is 1. The zero-order chi connectivity index (χ0) is 10.4. The molecule has 14 heavy (non-hydrogen) atoms. The molecule has 0 aliphatic carbocycles. The summed E-state index contributed by atoms with van der Waals surface area (Å²) in [6.07, 6.45) is 0.778. The van der Waals surface area contributed by atoms with Crippen molar-refractivity contribution in [1.82, 2.24) is 10.2 Å². The molecular weight excluding hydrogens is 178 g/mol. The molecule has 1 unspecified atom stereocenters. The Morgan fingerprint density at radius 2 is 2.14 bits per heavy atom. The van der Waals surface area contributed by atoms with E-state index in [1.807, 2.05) is 6.92 Å². The van der Waals surface area contributed by atoms with E-state index in [1.54, 1.807) is 7.11 Å². The fourth-order valence-corrected chi connectivity index (χ4v) is 1.74. The fourth-order valence-electron chi connectivity index (χ4n) is 1.74. The molecule has 1 fully saturated rings. The Morgan fingerprint density at radius 3 is 2.64 bits per heavy atom. The third-order valence-corrected chi connectivity index (χ3v) is 2.85. The van der Waals surface area contributed by atoms with Gasteiger partial charge in [-0.1, -0.05) is 0 Å². The molecular formula is C10H19N3O. The van der Waals surface area contributed by atoms with Gasteiger partial charge in [0.05, 0.1) is 6.07 Å². The lowest BCUT2D eigenvalue weighted by Crippen LogP contribution is -2.54. The number of nitrogens with zero attached hydrogens (tertiary/aromatic N) is 2. The van der Waals surface area contributed by atoms with Crippen molar-refractivity contribution < 1.29 is 4.74 Å². The standard InChI is InChI=1S/C10H19N3O/c1-10(9-11,3-8-14-2)13-6-4-12-5-7-13/h12H,3-8H2,1-2H3. The lowest BCUT2D eigenvalue weighted by Gasteiger charge is -2.38. The molecule has 80 valence electrons. The Bertz CT molecular complexity index is 208. The summed E-state index contributed by atoms with van der Waals surface area (Å²) >= 11 is 0. The van der Waals surface area contributed by atoms with Gasteiger partial charge in [-0.2, -0.15) is 5.26 Å². The summed E-state index contributed by atoms with van der Waals surface area (Å²) in [4.78, 5) is 2.24. The molecule has 0 radical (unpaired) electrons. The Hall–Kier alpha value is -0.630. The highest BCUT2D eigenvalue weighted by Gasteiger charge is 2.32. The minimum absolute atomic E-state index is 0.363. The maximum absolute atomic E-state index is 9.20. The van der Waals surface area contributed by atoms with Gasteiger partial charge in [0.1, 0.15) is 5.54 Å². The van der Waals surface area contributed by atoms with Gasteiger partial charge >= 0.3 is 0 Å². The topological polar surface area (TPSA) is 48.3 Å². The van der Waals surface area contributed by atoms with Crippen molar-refractivity contribution in [3.05, 3.63) is 0 Å². The third-order valence-electron chi connectivity index (χ3n) is 2.85. The van der Waals surface area contributed by atoms with Crippen LogP contribution < -0.4 is 5.32 Å². The van der Waals surface area contributed by atoms with Gasteiger partial charge in [0, 0.05) is 46.3 Å². The van der Waals surface area contributed by atoms with E-state index in [0.29, 0.717) is 6.61 Å². The zero-order valence-corrected chi connectivity index (χ0v) is 9.05. The summed E-state index contributed by atoms with van der Waals surface area (Å²) < 4.78 is 5.04. The van der Waals surface area contributed by atoms with E-state index >= 15 is 0 Å². The highest BCUT2D eigenvalue weighted by Crippen LogP contribution is 2.18. The number of nitriles is 1. The molecule has 0 saturated carbocycles. The second-order valence-corrected chi connectivity index (χ2v) is 3.87. The maximum atomic E-state index is 9.20. The summed E-state index contributed by atoms with van der Waals surface area (Å²) in [5, 5.41) is 12.5. The third kappa shape index (κ3) is 2.68. The van der Waals surface area contributed by atoms with Crippen LogP contribution in [-0.4, -0.2) is 50.3 Å². The molecule has 1 heterocycles. The molecule has 4 nitrogen and oxygen atoms in total. The predicted molar refractivity (Wildman–Crippen MR) is 55.0 cm³/mol. The van der Waals surface area contributed by atoms with Crippen LogP contribution in [0.1, 0.15) is 13.3 Å². The van der Waals surface area contributed by atoms with E-state index in [4.69, 9.17) is 4.74 Å². The van der Waals surface area contributed by atoms with Crippen molar-refractivity contribution in [2.45, 2.75) is 18.9 Å². The van der Waals surface area contributed by atoms with Crippen LogP contribution in [0.15, 0.2) is 0 Å². The highest BCUT2D eigenvalue weighted by atomic mass is 16.5. The summed E-state index contributed by atoms with van der Waals surface area (Å²) in [6, 6.07) is 2.40. The molecule has 1 atom stereocenters. The van der Waals surface area contributed by atoms with Crippen LogP contribution in [0.5, 0.6) is 0 Å². The van der Waals surface area contributed by atoms with Gasteiger partial charge in [-0.15, -0.1) is 0 Å². The number of methoxy groups -OCH3 is 1. The van der Waals surface area contributed by atoms with Gasteiger partial charge in [0.2, 0.25) is 0 Å². The molecule has 0 aromatic rings. The quantitative estimate of drug-likeness (QED) is 0.700. The van der Waals surface area contributed by atoms with Crippen molar-refractivity contribution in [3.63, 3.8) is 0 Å². The Labute approximate surface area is 85.8 Å². The second kappa shape index (κ2) is 5.30. The minimum Gasteiger partial charge on any atom is -0.385 e. The average Bonchev–Trinajstić information content (AvgIpc) is 2.27. The first-order chi connectivity index (χ1) is 6.73. The molecule has 0 aromatic heterocycles. The molecule has 0 amide bonds. The first-order valence-corrected chi connectivity index (χ1v) is 5.09. The average molecular weight is 197 g/mol. The molecule has 1 saturated heterocycles. The molecule has 1 N–H and O–H groups in total. The van der Waals surface area contributed by atoms with E-state index in [-0.39, 0.29) is 5.54 Å². The first-order valence-electron chi connectivity index (χ1n) is 5.09. The summed E-state index contributed by atoms with van der Waals surface area (Å²) in [5.74, 6) is 0. The van der Waals surface area contributed by atoms with Crippen molar-refractivity contribution in [2.75, 3.05) is 39.9 Å². The Morgan fingerprint density at radius 1 is 1.50 bits per heavy atom. The van der Waals surface area contributed by atoms with Crippen molar-refractivity contribution in [2.24, 2.45) is 0 Å².